The van der Waals surface area contributed by atoms with Crippen molar-refractivity contribution in [3.05, 3.63) is 11.7 Å². The average molecular weight is 269 g/mol. The highest BCUT2D eigenvalue weighted by atomic mass is 16.5. The fraction of sp³-hybridized carbons (Fsp3) is 0.667. The zero-order valence-corrected chi connectivity index (χ0v) is 11.4. The Hall–Kier alpha value is -1.92. The number of amides is 1. The van der Waals surface area contributed by atoms with Crippen molar-refractivity contribution in [3.8, 4) is 0 Å². The van der Waals surface area contributed by atoms with Crippen LogP contribution in [0.1, 0.15) is 38.4 Å². The van der Waals surface area contributed by atoms with E-state index >= 15 is 0 Å². The van der Waals surface area contributed by atoms with E-state index < -0.39 is 11.4 Å². The fourth-order valence-electron chi connectivity index (χ4n) is 1.40. The fourth-order valence-corrected chi connectivity index (χ4v) is 1.40. The van der Waals surface area contributed by atoms with Crippen molar-refractivity contribution in [1.29, 1.82) is 0 Å². The third-order valence-corrected chi connectivity index (χ3v) is 3.11. The van der Waals surface area contributed by atoms with E-state index in [1.165, 1.54) is 0 Å². The molecule has 0 aliphatic heterocycles. The number of aryl methyl sites for hydroxylation is 2. The van der Waals surface area contributed by atoms with Crippen LogP contribution in [-0.4, -0.2) is 33.7 Å². The van der Waals surface area contributed by atoms with Crippen LogP contribution in [0.3, 0.4) is 0 Å². The lowest BCUT2D eigenvalue weighted by molar-refractivity contribution is -0.148. The van der Waals surface area contributed by atoms with E-state index in [4.69, 9.17) is 9.63 Å². The van der Waals surface area contributed by atoms with Crippen molar-refractivity contribution in [2.75, 3.05) is 6.54 Å². The Bertz CT molecular complexity index is 458. The van der Waals surface area contributed by atoms with Gasteiger partial charge in [0.05, 0.1) is 5.41 Å². The molecule has 1 amide bonds. The number of rotatable bonds is 7. The molecule has 19 heavy (non-hydrogen) atoms. The van der Waals surface area contributed by atoms with Gasteiger partial charge in [-0.3, -0.25) is 9.59 Å². The standard InChI is InChI=1S/C12H19N3O4/c1-4-12(3,11(17)18)7-13-9(16)5-6-10-14-8(2)15-19-10/h4-7H2,1-3H3,(H,13,16)(H,17,18). The first-order chi connectivity index (χ1) is 8.87. The van der Waals surface area contributed by atoms with Gasteiger partial charge >= 0.3 is 5.97 Å². The molecule has 1 rings (SSSR count). The molecule has 7 heteroatoms. The van der Waals surface area contributed by atoms with Crippen LogP contribution in [0, 0.1) is 12.3 Å². The van der Waals surface area contributed by atoms with Gasteiger partial charge in [-0.25, -0.2) is 0 Å². The molecule has 2 N–H and O–H groups in total. The number of carboxylic acid groups (broad SMARTS) is 1. The maximum absolute atomic E-state index is 11.6. The largest absolute Gasteiger partial charge is 0.481 e. The Balaban J connectivity index is 2.37. The van der Waals surface area contributed by atoms with Gasteiger partial charge in [-0.1, -0.05) is 12.1 Å². The third-order valence-electron chi connectivity index (χ3n) is 3.11. The second-order valence-electron chi connectivity index (χ2n) is 4.73. The first-order valence-corrected chi connectivity index (χ1v) is 6.16. The summed E-state index contributed by atoms with van der Waals surface area (Å²) in [5.74, 6) is -0.205. The maximum Gasteiger partial charge on any atom is 0.311 e. The van der Waals surface area contributed by atoms with Crippen LogP contribution in [-0.2, 0) is 16.0 Å². The van der Waals surface area contributed by atoms with Crippen molar-refractivity contribution in [3.63, 3.8) is 0 Å². The van der Waals surface area contributed by atoms with Crippen LogP contribution < -0.4 is 5.32 Å². The molecule has 1 atom stereocenters. The van der Waals surface area contributed by atoms with E-state index in [2.05, 4.69) is 15.5 Å². The van der Waals surface area contributed by atoms with Crippen LogP contribution in [0.25, 0.3) is 0 Å². The monoisotopic (exact) mass is 269 g/mol. The predicted molar refractivity (Wildman–Crippen MR) is 66.4 cm³/mol. The first-order valence-electron chi connectivity index (χ1n) is 6.16. The molecule has 7 nitrogen and oxygen atoms in total. The summed E-state index contributed by atoms with van der Waals surface area (Å²) in [4.78, 5) is 26.7. The minimum atomic E-state index is -0.934. The molecule has 0 saturated heterocycles. The lowest BCUT2D eigenvalue weighted by Crippen LogP contribution is -2.40. The number of aliphatic carboxylic acids is 1. The SMILES string of the molecule is CCC(C)(CNC(=O)CCc1nc(C)no1)C(=O)O. The van der Waals surface area contributed by atoms with Gasteiger partial charge in [0.2, 0.25) is 11.8 Å². The Morgan fingerprint density at radius 3 is 2.63 bits per heavy atom. The molecule has 1 heterocycles. The summed E-state index contributed by atoms with van der Waals surface area (Å²) < 4.78 is 4.88. The number of aromatic nitrogens is 2. The molecule has 0 aliphatic rings. The quantitative estimate of drug-likeness (QED) is 0.762. The van der Waals surface area contributed by atoms with Gasteiger partial charge in [0.25, 0.3) is 0 Å². The van der Waals surface area contributed by atoms with Gasteiger partial charge < -0.3 is 14.9 Å². The molecule has 0 radical (unpaired) electrons. The number of hydrogen-bond acceptors (Lipinski definition) is 5. The summed E-state index contributed by atoms with van der Waals surface area (Å²) >= 11 is 0. The number of nitrogens with one attached hydrogen (secondary N) is 1. The van der Waals surface area contributed by atoms with Gasteiger partial charge in [-0.05, 0) is 20.3 Å². The van der Waals surface area contributed by atoms with E-state index in [9.17, 15) is 9.59 Å². The minimum Gasteiger partial charge on any atom is -0.481 e. The van der Waals surface area contributed by atoms with Crippen LogP contribution >= 0.6 is 0 Å². The average Bonchev–Trinajstić information content (AvgIpc) is 2.79. The zero-order valence-electron chi connectivity index (χ0n) is 11.4. The molecule has 0 fully saturated rings. The van der Waals surface area contributed by atoms with Gasteiger partial charge in [0.15, 0.2) is 5.82 Å². The summed E-state index contributed by atoms with van der Waals surface area (Å²) in [6, 6.07) is 0. The molecule has 0 bridgehead atoms. The molecule has 0 spiro atoms. The second-order valence-corrected chi connectivity index (χ2v) is 4.73. The number of carbonyl (C=O) groups excluding carboxylic acids is 1. The number of nitrogens with zero attached hydrogens (tertiary/aromatic N) is 2. The van der Waals surface area contributed by atoms with Crippen LogP contribution in [0.4, 0.5) is 0 Å². The van der Waals surface area contributed by atoms with E-state index in [-0.39, 0.29) is 18.9 Å². The normalized spacial score (nSPS) is 13.8. The van der Waals surface area contributed by atoms with E-state index in [1.54, 1.807) is 20.8 Å². The van der Waals surface area contributed by atoms with E-state index in [0.717, 1.165) is 0 Å². The highest BCUT2D eigenvalue weighted by Crippen LogP contribution is 2.19. The highest BCUT2D eigenvalue weighted by Gasteiger charge is 2.31. The Labute approximate surface area is 111 Å². The Kier molecular flexibility index (Phi) is 5.02. The Morgan fingerprint density at radius 1 is 1.47 bits per heavy atom. The molecule has 106 valence electrons. The molecule has 0 aromatic carbocycles. The van der Waals surface area contributed by atoms with Crippen molar-refractivity contribution in [1.82, 2.24) is 15.5 Å². The third kappa shape index (κ3) is 4.35. The first kappa shape index (κ1) is 15.1. The Morgan fingerprint density at radius 2 is 2.16 bits per heavy atom. The minimum absolute atomic E-state index is 0.112. The molecule has 1 aromatic heterocycles. The van der Waals surface area contributed by atoms with Crippen molar-refractivity contribution in [2.45, 2.75) is 40.0 Å². The van der Waals surface area contributed by atoms with Crippen LogP contribution in [0.2, 0.25) is 0 Å². The number of carbonyl (C=O) groups is 2. The lowest BCUT2D eigenvalue weighted by atomic mass is 9.87. The highest BCUT2D eigenvalue weighted by molar-refractivity contribution is 5.78. The van der Waals surface area contributed by atoms with Crippen LogP contribution in [0.15, 0.2) is 4.52 Å². The summed E-state index contributed by atoms with van der Waals surface area (Å²) in [6.07, 6.45) is 0.995. The van der Waals surface area contributed by atoms with Gasteiger partial charge in [-0.2, -0.15) is 4.98 Å². The van der Waals surface area contributed by atoms with Crippen molar-refractivity contribution < 1.29 is 19.2 Å². The van der Waals surface area contributed by atoms with Crippen LogP contribution in [0.5, 0.6) is 0 Å². The van der Waals surface area contributed by atoms with E-state index in [1.807, 2.05) is 0 Å². The summed E-state index contributed by atoms with van der Waals surface area (Å²) in [6.45, 7) is 5.20. The molecule has 1 unspecified atom stereocenters. The smallest absolute Gasteiger partial charge is 0.311 e. The van der Waals surface area contributed by atoms with Crippen molar-refractivity contribution in [2.24, 2.45) is 5.41 Å². The lowest BCUT2D eigenvalue weighted by Gasteiger charge is -2.23. The number of carboxylic acids is 1. The maximum atomic E-state index is 11.6. The molecule has 1 aromatic rings. The zero-order chi connectivity index (χ0) is 14.5. The van der Waals surface area contributed by atoms with Crippen molar-refractivity contribution >= 4 is 11.9 Å². The number of hydrogen-bond donors (Lipinski definition) is 2. The summed E-state index contributed by atoms with van der Waals surface area (Å²) in [5, 5.41) is 15.3. The topological polar surface area (TPSA) is 105 Å². The molecule has 0 aliphatic carbocycles. The van der Waals surface area contributed by atoms with E-state index in [0.29, 0.717) is 24.6 Å². The predicted octanol–water partition coefficient (Wildman–Crippen LogP) is 0.928. The summed E-state index contributed by atoms with van der Waals surface area (Å²) in [5.41, 5.74) is -0.934. The molecule has 0 saturated carbocycles. The summed E-state index contributed by atoms with van der Waals surface area (Å²) in [7, 11) is 0. The molecular weight excluding hydrogens is 250 g/mol. The van der Waals surface area contributed by atoms with Gasteiger partial charge in [0, 0.05) is 19.4 Å². The molecular formula is C12H19N3O4. The second kappa shape index (κ2) is 6.31. The van der Waals surface area contributed by atoms with Gasteiger partial charge in [0.1, 0.15) is 0 Å². The van der Waals surface area contributed by atoms with Gasteiger partial charge in [-0.15, -0.1) is 0 Å².